The van der Waals surface area contributed by atoms with E-state index in [9.17, 15) is 4.79 Å². The van der Waals surface area contributed by atoms with Gasteiger partial charge in [0.2, 0.25) is 0 Å². The molecule has 0 unspecified atom stereocenters. The highest BCUT2D eigenvalue weighted by molar-refractivity contribution is 6.01. The van der Waals surface area contributed by atoms with Gasteiger partial charge in [0, 0.05) is 13.1 Å². The smallest absolute Gasteiger partial charge is 0.264 e. The lowest BCUT2D eigenvalue weighted by Gasteiger charge is -2.26. The molecule has 1 fully saturated rings. The van der Waals surface area contributed by atoms with Crippen LogP contribution in [0.3, 0.4) is 0 Å². The lowest BCUT2D eigenvalue weighted by Crippen LogP contribution is -2.41. The van der Waals surface area contributed by atoms with Gasteiger partial charge in [-0.25, -0.2) is 0 Å². The summed E-state index contributed by atoms with van der Waals surface area (Å²) >= 11 is 0. The average Bonchev–Trinajstić information content (AvgIpc) is 2.47. The fourth-order valence-corrected chi connectivity index (χ4v) is 1.91. The number of benzene rings is 1. The van der Waals surface area contributed by atoms with Gasteiger partial charge in [0.15, 0.2) is 0 Å². The molecule has 4 heteroatoms. The maximum Gasteiger partial charge on any atom is 0.264 e. The van der Waals surface area contributed by atoms with Crippen LogP contribution in [0.2, 0.25) is 0 Å². The zero-order valence-electron chi connectivity index (χ0n) is 10.9. The number of hydrogen-bond donors (Lipinski definition) is 0. The van der Waals surface area contributed by atoms with Crippen molar-refractivity contribution in [3.8, 4) is 6.07 Å². The number of carbonyl (C=O) groups excluding carboxylic acids is 1. The molecule has 0 radical (unpaired) electrons. The van der Waals surface area contributed by atoms with Crippen molar-refractivity contribution >= 4 is 12.0 Å². The molecule has 98 valence electrons. The van der Waals surface area contributed by atoms with E-state index < -0.39 is 0 Å². The summed E-state index contributed by atoms with van der Waals surface area (Å²) in [6, 6.07) is 9.71. The van der Waals surface area contributed by atoms with Gasteiger partial charge in [-0.2, -0.15) is 5.26 Å². The second kappa shape index (κ2) is 6.17. The Kier molecular flexibility index (Phi) is 4.32. The van der Waals surface area contributed by atoms with E-state index >= 15 is 0 Å². The van der Waals surface area contributed by atoms with Gasteiger partial charge in [0.25, 0.3) is 5.91 Å². The number of aryl methyl sites for hydroxylation is 1. The van der Waals surface area contributed by atoms with Crippen molar-refractivity contribution in [2.24, 2.45) is 0 Å². The highest BCUT2D eigenvalue weighted by Gasteiger charge is 2.20. The van der Waals surface area contributed by atoms with E-state index in [0.29, 0.717) is 26.3 Å². The third-order valence-corrected chi connectivity index (χ3v) is 3.04. The molecule has 1 aromatic carbocycles. The van der Waals surface area contributed by atoms with Crippen LogP contribution in [0.1, 0.15) is 11.1 Å². The number of nitriles is 1. The van der Waals surface area contributed by atoms with Gasteiger partial charge in [-0.15, -0.1) is 0 Å². The number of carbonyl (C=O) groups is 1. The molecule has 0 N–H and O–H groups in total. The van der Waals surface area contributed by atoms with Gasteiger partial charge >= 0.3 is 0 Å². The molecule has 1 aliphatic rings. The average molecular weight is 256 g/mol. The number of hydrogen-bond acceptors (Lipinski definition) is 3. The number of ether oxygens (including phenoxy) is 1. The predicted octanol–water partition coefficient (Wildman–Crippen LogP) is 1.76. The Labute approximate surface area is 112 Å². The van der Waals surface area contributed by atoms with Gasteiger partial charge in [-0.05, 0) is 18.6 Å². The molecule has 1 aliphatic heterocycles. The third-order valence-electron chi connectivity index (χ3n) is 3.04. The highest BCUT2D eigenvalue weighted by atomic mass is 16.5. The number of amides is 1. The molecule has 0 saturated carbocycles. The summed E-state index contributed by atoms with van der Waals surface area (Å²) in [5.74, 6) is -0.216. The Morgan fingerprint density at radius 1 is 1.32 bits per heavy atom. The standard InChI is InChI=1S/C15H16N2O2/c1-12-2-4-13(5-3-12)10-14(11-16)15(18)17-6-8-19-9-7-17/h2-5,10H,6-9H2,1H3/b14-10+. The van der Waals surface area contributed by atoms with Crippen LogP contribution in [-0.4, -0.2) is 37.1 Å². The summed E-state index contributed by atoms with van der Waals surface area (Å²) in [4.78, 5) is 13.8. The van der Waals surface area contributed by atoms with E-state index in [1.807, 2.05) is 37.3 Å². The van der Waals surface area contributed by atoms with Crippen molar-refractivity contribution in [1.29, 1.82) is 5.26 Å². The number of morpholine rings is 1. The Bertz CT molecular complexity index is 520. The van der Waals surface area contributed by atoms with Crippen LogP contribution in [0.5, 0.6) is 0 Å². The van der Waals surface area contributed by atoms with Gasteiger partial charge in [-0.3, -0.25) is 4.79 Å². The van der Waals surface area contributed by atoms with Crippen LogP contribution < -0.4 is 0 Å². The highest BCUT2D eigenvalue weighted by Crippen LogP contribution is 2.11. The first kappa shape index (κ1) is 13.3. The minimum absolute atomic E-state index is 0.172. The molecule has 0 aromatic heterocycles. The molecule has 0 spiro atoms. The first-order valence-electron chi connectivity index (χ1n) is 6.26. The topological polar surface area (TPSA) is 53.3 Å². The van der Waals surface area contributed by atoms with Crippen LogP contribution in [0.4, 0.5) is 0 Å². The fraction of sp³-hybridized carbons (Fsp3) is 0.333. The lowest BCUT2D eigenvalue weighted by molar-refractivity contribution is -0.130. The molecule has 0 aliphatic carbocycles. The zero-order chi connectivity index (χ0) is 13.7. The minimum Gasteiger partial charge on any atom is -0.378 e. The predicted molar refractivity (Wildman–Crippen MR) is 72.2 cm³/mol. The number of rotatable bonds is 2. The molecule has 2 rings (SSSR count). The first-order chi connectivity index (χ1) is 9.20. The Morgan fingerprint density at radius 2 is 1.95 bits per heavy atom. The molecule has 19 heavy (non-hydrogen) atoms. The fourth-order valence-electron chi connectivity index (χ4n) is 1.91. The Balaban J connectivity index is 2.17. The largest absolute Gasteiger partial charge is 0.378 e. The summed E-state index contributed by atoms with van der Waals surface area (Å²) in [6.07, 6.45) is 1.64. The maximum atomic E-state index is 12.2. The maximum absolute atomic E-state index is 12.2. The first-order valence-corrected chi connectivity index (χ1v) is 6.26. The van der Waals surface area contributed by atoms with Crippen molar-refractivity contribution in [2.45, 2.75) is 6.92 Å². The van der Waals surface area contributed by atoms with Crippen LogP contribution >= 0.6 is 0 Å². The SMILES string of the molecule is Cc1ccc(/C=C(\C#N)C(=O)N2CCOCC2)cc1. The third kappa shape index (κ3) is 3.43. The quantitative estimate of drug-likeness (QED) is 0.598. The molecular weight excluding hydrogens is 240 g/mol. The van der Waals surface area contributed by atoms with E-state index in [1.54, 1.807) is 11.0 Å². The van der Waals surface area contributed by atoms with Gasteiger partial charge in [0.05, 0.1) is 13.2 Å². The van der Waals surface area contributed by atoms with E-state index in [1.165, 1.54) is 0 Å². The summed E-state index contributed by atoms with van der Waals surface area (Å²) < 4.78 is 5.20. The molecule has 1 heterocycles. The Hall–Kier alpha value is -2.12. The van der Waals surface area contributed by atoms with Crippen molar-refractivity contribution in [1.82, 2.24) is 4.90 Å². The van der Waals surface area contributed by atoms with E-state index in [4.69, 9.17) is 10.00 Å². The summed E-state index contributed by atoms with van der Waals surface area (Å²) in [5.41, 5.74) is 2.18. The minimum atomic E-state index is -0.216. The molecule has 0 atom stereocenters. The van der Waals surface area contributed by atoms with Crippen LogP contribution in [0, 0.1) is 18.3 Å². The van der Waals surface area contributed by atoms with Crippen LogP contribution in [-0.2, 0) is 9.53 Å². The molecule has 1 amide bonds. The van der Waals surface area contributed by atoms with Crippen molar-refractivity contribution in [3.05, 3.63) is 41.0 Å². The Morgan fingerprint density at radius 3 is 2.53 bits per heavy atom. The molecule has 1 saturated heterocycles. The lowest BCUT2D eigenvalue weighted by atomic mass is 10.1. The van der Waals surface area contributed by atoms with Crippen molar-refractivity contribution in [2.75, 3.05) is 26.3 Å². The van der Waals surface area contributed by atoms with Crippen LogP contribution in [0.25, 0.3) is 6.08 Å². The monoisotopic (exact) mass is 256 g/mol. The summed E-state index contributed by atoms with van der Waals surface area (Å²) in [6.45, 7) is 4.17. The van der Waals surface area contributed by atoms with E-state index in [-0.39, 0.29) is 11.5 Å². The molecule has 0 bridgehead atoms. The second-order valence-electron chi connectivity index (χ2n) is 4.49. The summed E-state index contributed by atoms with van der Waals surface area (Å²) in [5, 5.41) is 9.15. The molecule has 1 aromatic rings. The van der Waals surface area contributed by atoms with Gasteiger partial charge < -0.3 is 9.64 Å². The second-order valence-corrected chi connectivity index (χ2v) is 4.49. The molecular formula is C15H16N2O2. The number of nitrogens with zero attached hydrogens (tertiary/aromatic N) is 2. The van der Waals surface area contributed by atoms with Crippen LogP contribution in [0.15, 0.2) is 29.8 Å². The zero-order valence-corrected chi connectivity index (χ0v) is 10.9. The van der Waals surface area contributed by atoms with E-state index in [2.05, 4.69) is 0 Å². The van der Waals surface area contributed by atoms with Gasteiger partial charge in [-0.1, -0.05) is 29.8 Å². The van der Waals surface area contributed by atoms with Gasteiger partial charge in [0.1, 0.15) is 11.6 Å². The van der Waals surface area contributed by atoms with Crippen molar-refractivity contribution in [3.63, 3.8) is 0 Å². The van der Waals surface area contributed by atoms with Crippen molar-refractivity contribution < 1.29 is 9.53 Å². The molecule has 4 nitrogen and oxygen atoms in total. The van der Waals surface area contributed by atoms with E-state index in [0.717, 1.165) is 11.1 Å². The normalized spacial score (nSPS) is 16.0. The summed E-state index contributed by atoms with van der Waals surface area (Å²) in [7, 11) is 0.